The van der Waals surface area contributed by atoms with E-state index < -0.39 is 5.97 Å². The largest absolute Gasteiger partial charge is 0.391 e. The van der Waals surface area contributed by atoms with E-state index in [-0.39, 0.29) is 0 Å². The maximum absolute atomic E-state index is 10.7. The Morgan fingerprint density at radius 3 is 2.60 bits per heavy atom. The minimum absolute atomic E-state index is 0.449. The van der Waals surface area contributed by atoms with Crippen molar-refractivity contribution >= 4 is 18.9 Å². The van der Waals surface area contributed by atoms with E-state index in [4.69, 9.17) is 0 Å². The third kappa shape index (κ3) is 1.48. The van der Waals surface area contributed by atoms with Gasteiger partial charge in [0.1, 0.15) is 0 Å². The highest BCUT2D eigenvalue weighted by molar-refractivity contribution is 7.75. The van der Waals surface area contributed by atoms with Gasteiger partial charge in [-0.1, -0.05) is 0 Å². The molecule has 1 rings (SSSR count). The molecule has 1 heterocycles. The van der Waals surface area contributed by atoms with Gasteiger partial charge in [0.05, 0.1) is 5.56 Å². The van der Waals surface area contributed by atoms with Crippen LogP contribution in [0.5, 0.6) is 0 Å². The third-order valence-corrected chi connectivity index (χ3v) is 1.16. The van der Waals surface area contributed by atoms with Crippen LogP contribution in [0.2, 0.25) is 0 Å². The summed E-state index contributed by atoms with van der Waals surface area (Å²) in [7, 11) is 0. The molecule has 3 nitrogen and oxygen atoms in total. The van der Waals surface area contributed by atoms with Crippen LogP contribution in [-0.4, -0.2) is 11.0 Å². The molecule has 0 bridgehead atoms. The highest BCUT2D eigenvalue weighted by atomic mass is 32.1. The lowest BCUT2D eigenvalue weighted by molar-refractivity contribution is 0.0772. The molecule has 0 aliphatic heterocycles. The molecular formula is C6H5NO2S. The van der Waals surface area contributed by atoms with E-state index in [0.717, 1.165) is 0 Å². The summed E-state index contributed by atoms with van der Waals surface area (Å²) in [5, 5.41) is 0. The van der Waals surface area contributed by atoms with Crippen molar-refractivity contribution in [1.29, 1.82) is 0 Å². The van der Waals surface area contributed by atoms with E-state index >= 15 is 0 Å². The van der Waals surface area contributed by atoms with Crippen LogP contribution in [0, 0.1) is 0 Å². The van der Waals surface area contributed by atoms with Crippen LogP contribution in [0.3, 0.4) is 0 Å². The Bertz CT molecular complexity index is 224. The number of pyridine rings is 1. The fourth-order valence-electron chi connectivity index (χ4n) is 0.541. The first-order valence-corrected chi connectivity index (χ1v) is 2.97. The molecule has 1 aromatic heterocycles. The summed E-state index contributed by atoms with van der Waals surface area (Å²) in [5.74, 6) is -0.467. The van der Waals surface area contributed by atoms with Crippen LogP contribution in [0.15, 0.2) is 24.5 Å². The first-order valence-electron chi connectivity index (χ1n) is 2.60. The second-order valence-corrected chi connectivity index (χ2v) is 1.80. The number of carbonyl (C=O) groups excluding carboxylic acids is 1. The van der Waals surface area contributed by atoms with Crippen molar-refractivity contribution in [3.05, 3.63) is 30.1 Å². The lowest BCUT2D eigenvalue weighted by atomic mass is 10.3. The molecule has 0 saturated carbocycles. The highest BCUT2D eigenvalue weighted by Gasteiger charge is 2.02. The topological polar surface area (TPSA) is 39.2 Å². The van der Waals surface area contributed by atoms with Crippen molar-refractivity contribution in [2.45, 2.75) is 0 Å². The summed E-state index contributed by atoms with van der Waals surface area (Å²) in [6.45, 7) is 0. The molecule has 0 unspecified atom stereocenters. The van der Waals surface area contributed by atoms with Crippen molar-refractivity contribution in [3.8, 4) is 0 Å². The van der Waals surface area contributed by atoms with E-state index in [0.29, 0.717) is 5.56 Å². The molecule has 52 valence electrons. The van der Waals surface area contributed by atoms with Gasteiger partial charge in [0, 0.05) is 25.3 Å². The summed E-state index contributed by atoms with van der Waals surface area (Å²) < 4.78 is 4.16. The smallest absolute Gasteiger partial charge is 0.350 e. The zero-order valence-corrected chi connectivity index (χ0v) is 5.91. The lowest BCUT2D eigenvalue weighted by Crippen LogP contribution is -1.96. The third-order valence-electron chi connectivity index (χ3n) is 0.999. The fraction of sp³-hybridized carbons (Fsp3) is 0. The molecule has 0 radical (unpaired) electrons. The number of aromatic nitrogens is 1. The fourth-order valence-corrected chi connectivity index (χ4v) is 0.646. The van der Waals surface area contributed by atoms with Gasteiger partial charge in [-0.15, -0.1) is 0 Å². The predicted molar refractivity (Wildman–Crippen MR) is 38.6 cm³/mol. The van der Waals surface area contributed by atoms with Crippen LogP contribution in [0.25, 0.3) is 0 Å². The molecule has 4 heteroatoms. The summed E-state index contributed by atoms with van der Waals surface area (Å²) in [6, 6.07) is 3.11. The van der Waals surface area contributed by atoms with Crippen molar-refractivity contribution in [2.24, 2.45) is 0 Å². The molecule has 1 aromatic rings. The van der Waals surface area contributed by atoms with E-state index in [1.165, 1.54) is 12.4 Å². The monoisotopic (exact) mass is 155 g/mol. The minimum atomic E-state index is -0.467. The molecule has 0 fully saturated rings. The Labute approximate surface area is 63.7 Å². The number of rotatable bonds is 1. The molecule has 0 aromatic carbocycles. The van der Waals surface area contributed by atoms with Crippen LogP contribution in [-0.2, 0) is 4.18 Å². The van der Waals surface area contributed by atoms with E-state index in [2.05, 4.69) is 22.1 Å². The number of nitrogens with zero attached hydrogens (tertiary/aromatic N) is 1. The van der Waals surface area contributed by atoms with Crippen LogP contribution in [0.1, 0.15) is 10.4 Å². The standard InChI is InChI=1S/C6H5NO2S/c8-6(9-10)5-1-3-7-4-2-5/h1-4,10H. The molecule has 0 atom stereocenters. The first kappa shape index (κ1) is 7.08. The first-order chi connectivity index (χ1) is 4.84. The van der Waals surface area contributed by atoms with Gasteiger partial charge in [-0.2, -0.15) is 0 Å². The number of hydrogen-bond donors (Lipinski definition) is 1. The van der Waals surface area contributed by atoms with Gasteiger partial charge in [0.15, 0.2) is 0 Å². The average Bonchev–Trinajstić information content (AvgIpc) is 2.05. The molecule has 0 saturated heterocycles. The molecule has 0 spiro atoms. The second kappa shape index (κ2) is 3.22. The lowest BCUT2D eigenvalue weighted by Gasteiger charge is -1.93. The SMILES string of the molecule is O=C(OS)c1ccncc1. The summed E-state index contributed by atoms with van der Waals surface area (Å²) >= 11 is 3.36. The van der Waals surface area contributed by atoms with Gasteiger partial charge in [-0.25, -0.2) is 4.79 Å². The maximum Gasteiger partial charge on any atom is 0.350 e. The van der Waals surface area contributed by atoms with Gasteiger partial charge >= 0.3 is 5.97 Å². The van der Waals surface area contributed by atoms with E-state index in [1.807, 2.05) is 0 Å². The Balaban J connectivity index is 2.85. The van der Waals surface area contributed by atoms with E-state index in [9.17, 15) is 4.79 Å². The van der Waals surface area contributed by atoms with Crippen molar-refractivity contribution in [2.75, 3.05) is 0 Å². The van der Waals surface area contributed by atoms with Crippen LogP contribution < -0.4 is 0 Å². The van der Waals surface area contributed by atoms with Gasteiger partial charge < -0.3 is 4.18 Å². The normalized spacial score (nSPS) is 8.90. The van der Waals surface area contributed by atoms with Gasteiger partial charge in [0.2, 0.25) is 0 Å². The zero-order chi connectivity index (χ0) is 7.40. The quantitative estimate of drug-likeness (QED) is 0.487. The number of hydrogen-bond acceptors (Lipinski definition) is 4. The van der Waals surface area contributed by atoms with Crippen molar-refractivity contribution in [1.82, 2.24) is 4.98 Å². The average molecular weight is 155 g/mol. The summed E-state index contributed by atoms with van der Waals surface area (Å²) in [4.78, 5) is 14.4. The summed E-state index contributed by atoms with van der Waals surface area (Å²) in [5.41, 5.74) is 0.449. The van der Waals surface area contributed by atoms with Crippen molar-refractivity contribution in [3.63, 3.8) is 0 Å². The Morgan fingerprint density at radius 1 is 1.50 bits per heavy atom. The highest BCUT2D eigenvalue weighted by Crippen LogP contribution is 1.99. The Morgan fingerprint density at radius 2 is 2.10 bits per heavy atom. The van der Waals surface area contributed by atoms with Gasteiger partial charge in [-0.05, 0) is 12.1 Å². The Hall–Kier alpha value is -1.03. The van der Waals surface area contributed by atoms with Crippen molar-refractivity contribution < 1.29 is 8.98 Å². The van der Waals surface area contributed by atoms with Crippen LogP contribution >= 0.6 is 12.9 Å². The molecule has 0 N–H and O–H groups in total. The van der Waals surface area contributed by atoms with Crippen LogP contribution in [0.4, 0.5) is 0 Å². The zero-order valence-electron chi connectivity index (χ0n) is 5.02. The number of carbonyl (C=O) groups is 1. The summed E-state index contributed by atoms with van der Waals surface area (Å²) in [6.07, 6.45) is 3.03. The maximum atomic E-state index is 10.7. The molecule has 0 amide bonds. The minimum Gasteiger partial charge on any atom is -0.391 e. The number of thiol groups is 1. The van der Waals surface area contributed by atoms with E-state index in [1.54, 1.807) is 12.1 Å². The molecule has 0 aliphatic carbocycles. The molecular weight excluding hydrogens is 150 g/mol. The molecule has 10 heavy (non-hydrogen) atoms. The molecule has 0 aliphatic rings. The Kier molecular flexibility index (Phi) is 2.28. The van der Waals surface area contributed by atoms with Gasteiger partial charge in [0.25, 0.3) is 0 Å². The predicted octanol–water partition coefficient (Wildman–Crippen LogP) is 1.08. The second-order valence-electron chi connectivity index (χ2n) is 1.61. The van der Waals surface area contributed by atoms with Gasteiger partial charge in [-0.3, -0.25) is 4.98 Å².